The molecule has 2 aliphatic heterocycles. The Morgan fingerprint density at radius 1 is 1.00 bits per heavy atom. The molecule has 1 atom stereocenters. The van der Waals surface area contributed by atoms with E-state index < -0.39 is 0 Å². The summed E-state index contributed by atoms with van der Waals surface area (Å²) in [7, 11) is 0. The van der Waals surface area contributed by atoms with E-state index in [0.29, 0.717) is 11.7 Å². The highest BCUT2D eigenvalue weighted by Crippen LogP contribution is 2.40. The monoisotopic (exact) mass is 294 g/mol. The number of Topliss-reactive ketones (excluding diaryl/α,β-unsaturated/α-hetero) is 1. The summed E-state index contributed by atoms with van der Waals surface area (Å²) in [6.45, 7) is 4.63. The Morgan fingerprint density at radius 3 is 2.38 bits per heavy atom. The fraction of sp³-hybridized carbons (Fsp3) is 0.944. The lowest BCUT2D eigenvalue weighted by molar-refractivity contribution is -0.159. The van der Waals surface area contributed by atoms with Crippen LogP contribution in [-0.2, 0) is 14.3 Å². The minimum atomic E-state index is -0.0442. The number of carbonyl (C=O) groups is 1. The molecule has 2 saturated heterocycles. The minimum absolute atomic E-state index is 0.0442. The predicted octanol–water partition coefficient (Wildman–Crippen LogP) is 3.75. The maximum atomic E-state index is 12.9. The maximum Gasteiger partial charge on any atom is 0.139 e. The van der Waals surface area contributed by atoms with Gasteiger partial charge >= 0.3 is 0 Å². The topological polar surface area (TPSA) is 35.5 Å². The molecule has 1 spiro atoms. The van der Waals surface area contributed by atoms with Crippen molar-refractivity contribution in [2.24, 2.45) is 17.8 Å². The minimum Gasteiger partial charge on any atom is -0.381 e. The number of ether oxygens (including phenoxy) is 2. The first-order chi connectivity index (χ1) is 10.2. The van der Waals surface area contributed by atoms with Crippen molar-refractivity contribution in [2.75, 3.05) is 19.8 Å². The Labute approximate surface area is 128 Å². The van der Waals surface area contributed by atoms with Gasteiger partial charge in [0.25, 0.3) is 0 Å². The van der Waals surface area contributed by atoms with Crippen molar-refractivity contribution in [2.45, 2.75) is 70.3 Å². The first-order valence-electron chi connectivity index (χ1n) is 8.98. The van der Waals surface area contributed by atoms with Crippen molar-refractivity contribution in [1.82, 2.24) is 0 Å². The Bertz CT molecular complexity index is 346. The Hall–Kier alpha value is -0.410. The molecule has 3 nitrogen and oxygen atoms in total. The van der Waals surface area contributed by atoms with E-state index in [0.717, 1.165) is 64.3 Å². The summed E-state index contributed by atoms with van der Waals surface area (Å²) in [6, 6.07) is 0. The number of rotatable bonds is 3. The fourth-order valence-electron chi connectivity index (χ4n) is 4.55. The standard InChI is InChI=1S/C18H30O3/c1-2-14-3-5-15(6-4-14)17(19)16-7-10-21-18(13-16)8-11-20-12-9-18/h14-16H,2-13H2,1H3. The largest absolute Gasteiger partial charge is 0.381 e. The molecule has 3 fully saturated rings. The molecule has 1 unspecified atom stereocenters. The van der Waals surface area contributed by atoms with Gasteiger partial charge in [-0.25, -0.2) is 0 Å². The zero-order chi connectivity index (χ0) is 14.7. The quantitative estimate of drug-likeness (QED) is 0.795. The van der Waals surface area contributed by atoms with Crippen LogP contribution in [0.4, 0.5) is 0 Å². The third-order valence-electron chi connectivity index (χ3n) is 6.13. The van der Waals surface area contributed by atoms with Crippen molar-refractivity contribution in [3.63, 3.8) is 0 Å². The summed E-state index contributed by atoms with van der Waals surface area (Å²) in [5, 5.41) is 0. The van der Waals surface area contributed by atoms with Crippen LogP contribution in [0.1, 0.15) is 64.7 Å². The van der Waals surface area contributed by atoms with Crippen LogP contribution in [0.5, 0.6) is 0 Å². The van der Waals surface area contributed by atoms with Gasteiger partial charge in [-0.3, -0.25) is 4.79 Å². The van der Waals surface area contributed by atoms with Gasteiger partial charge in [-0.2, -0.15) is 0 Å². The number of hydrogen-bond donors (Lipinski definition) is 0. The zero-order valence-corrected chi connectivity index (χ0v) is 13.4. The van der Waals surface area contributed by atoms with E-state index in [1.165, 1.54) is 19.3 Å². The lowest BCUT2D eigenvalue weighted by atomic mass is 9.72. The Balaban J connectivity index is 1.57. The third kappa shape index (κ3) is 3.50. The van der Waals surface area contributed by atoms with E-state index in [4.69, 9.17) is 9.47 Å². The number of hydrogen-bond acceptors (Lipinski definition) is 3. The van der Waals surface area contributed by atoms with Crippen LogP contribution in [0.15, 0.2) is 0 Å². The summed E-state index contributed by atoms with van der Waals surface area (Å²) in [4.78, 5) is 12.9. The van der Waals surface area contributed by atoms with Gasteiger partial charge in [0, 0.05) is 31.7 Å². The highest BCUT2D eigenvalue weighted by atomic mass is 16.5. The SMILES string of the molecule is CCC1CCC(C(=O)C2CCOC3(CCOCC3)C2)CC1. The van der Waals surface area contributed by atoms with Crippen molar-refractivity contribution in [1.29, 1.82) is 0 Å². The molecule has 1 aliphatic carbocycles. The summed E-state index contributed by atoms with van der Waals surface area (Å²) >= 11 is 0. The van der Waals surface area contributed by atoms with Crippen LogP contribution in [0.2, 0.25) is 0 Å². The highest BCUT2D eigenvalue weighted by Gasteiger charge is 2.42. The molecule has 3 rings (SSSR count). The van der Waals surface area contributed by atoms with Gasteiger partial charge in [-0.15, -0.1) is 0 Å². The molecular formula is C18H30O3. The molecule has 3 aliphatic rings. The van der Waals surface area contributed by atoms with Gasteiger partial charge in [0.05, 0.1) is 5.60 Å². The second-order valence-corrected chi connectivity index (χ2v) is 7.36. The second kappa shape index (κ2) is 6.78. The third-order valence-corrected chi connectivity index (χ3v) is 6.13. The molecule has 120 valence electrons. The van der Waals surface area contributed by atoms with Crippen LogP contribution in [0, 0.1) is 17.8 Å². The van der Waals surface area contributed by atoms with E-state index in [2.05, 4.69) is 6.92 Å². The second-order valence-electron chi connectivity index (χ2n) is 7.36. The number of ketones is 1. The van der Waals surface area contributed by atoms with E-state index in [9.17, 15) is 4.79 Å². The average Bonchev–Trinajstić information content (AvgIpc) is 2.55. The molecule has 1 saturated carbocycles. The van der Waals surface area contributed by atoms with Gasteiger partial charge in [-0.1, -0.05) is 13.3 Å². The Morgan fingerprint density at radius 2 is 1.71 bits per heavy atom. The molecule has 0 N–H and O–H groups in total. The van der Waals surface area contributed by atoms with E-state index in [-0.39, 0.29) is 11.5 Å². The molecule has 0 aromatic rings. The van der Waals surface area contributed by atoms with Gasteiger partial charge in [0.1, 0.15) is 5.78 Å². The normalized spacial score (nSPS) is 36.5. The Kier molecular flexibility index (Phi) is 5.00. The molecule has 0 aromatic heterocycles. The summed E-state index contributed by atoms with van der Waals surface area (Å²) < 4.78 is 11.5. The molecule has 21 heavy (non-hydrogen) atoms. The fourth-order valence-corrected chi connectivity index (χ4v) is 4.55. The van der Waals surface area contributed by atoms with Gasteiger partial charge in [-0.05, 0) is 57.3 Å². The predicted molar refractivity (Wildman–Crippen MR) is 82.2 cm³/mol. The van der Waals surface area contributed by atoms with Crippen molar-refractivity contribution < 1.29 is 14.3 Å². The number of carbonyl (C=O) groups excluding carboxylic acids is 1. The molecular weight excluding hydrogens is 264 g/mol. The summed E-state index contributed by atoms with van der Waals surface area (Å²) in [6.07, 6.45) is 9.89. The van der Waals surface area contributed by atoms with Crippen LogP contribution >= 0.6 is 0 Å². The van der Waals surface area contributed by atoms with Crippen LogP contribution < -0.4 is 0 Å². The van der Waals surface area contributed by atoms with Gasteiger partial charge < -0.3 is 9.47 Å². The maximum absolute atomic E-state index is 12.9. The van der Waals surface area contributed by atoms with Crippen LogP contribution in [-0.4, -0.2) is 31.2 Å². The molecule has 0 aromatic carbocycles. The van der Waals surface area contributed by atoms with E-state index in [1.807, 2.05) is 0 Å². The summed E-state index contributed by atoms with van der Waals surface area (Å²) in [5.41, 5.74) is -0.0442. The summed E-state index contributed by atoms with van der Waals surface area (Å²) in [5.74, 6) is 2.01. The average molecular weight is 294 g/mol. The van der Waals surface area contributed by atoms with Gasteiger partial charge in [0.2, 0.25) is 0 Å². The lowest BCUT2D eigenvalue weighted by Crippen LogP contribution is -2.46. The molecule has 0 radical (unpaired) electrons. The van der Waals surface area contributed by atoms with Crippen molar-refractivity contribution >= 4 is 5.78 Å². The van der Waals surface area contributed by atoms with Crippen LogP contribution in [0.3, 0.4) is 0 Å². The molecule has 0 bridgehead atoms. The van der Waals surface area contributed by atoms with Crippen LogP contribution in [0.25, 0.3) is 0 Å². The van der Waals surface area contributed by atoms with E-state index >= 15 is 0 Å². The van der Waals surface area contributed by atoms with Crippen molar-refractivity contribution in [3.05, 3.63) is 0 Å². The first-order valence-corrected chi connectivity index (χ1v) is 8.98. The van der Waals surface area contributed by atoms with Crippen molar-refractivity contribution in [3.8, 4) is 0 Å². The molecule has 0 amide bonds. The highest BCUT2D eigenvalue weighted by molar-refractivity contribution is 5.83. The van der Waals surface area contributed by atoms with E-state index in [1.54, 1.807) is 0 Å². The van der Waals surface area contributed by atoms with Gasteiger partial charge in [0.15, 0.2) is 0 Å². The zero-order valence-electron chi connectivity index (χ0n) is 13.4. The first kappa shape index (κ1) is 15.5. The molecule has 2 heterocycles. The lowest BCUT2D eigenvalue weighted by Gasteiger charge is -2.43. The molecule has 3 heteroatoms. The smallest absolute Gasteiger partial charge is 0.139 e.